The summed E-state index contributed by atoms with van der Waals surface area (Å²) >= 11 is 0. The minimum Gasteiger partial charge on any atom is -0.469 e. The lowest BCUT2D eigenvalue weighted by atomic mass is 9.86. The van der Waals surface area contributed by atoms with Gasteiger partial charge in [-0.05, 0) is 27.2 Å². The molecule has 1 rings (SSSR count). The van der Waals surface area contributed by atoms with Gasteiger partial charge in [-0.2, -0.15) is 0 Å². The second-order valence-electron chi connectivity index (χ2n) is 5.55. The van der Waals surface area contributed by atoms with Crippen LogP contribution in [0.4, 0.5) is 0 Å². The summed E-state index contributed by atoms with van der Waals surface area (Å²) in [6.45, 7) is 6.29. The summed E-state index contributed by atoms with van der Waals surface area (Å²) in [6, 6.07) is 0. The number of methoxy groups -OCH3 is 1. The highest BCUT2D eigenvalue weighted by Gasteiger charge is 2.40. The smallest absolute Gasteiger partial charge is 0.310 e. The van der Waals surface area contributed by atoms with E-state index in [0.29, 0.717) is 19.5 Å². The number of carbonyl (C=O) groups is 2. The molecule has 0 spiro atoms. The Balaban J connectivity index is 2.77. The van der Waals surface area contributed by atoms with E-state index in [-0.39, 0.29) is 5.97 Å². The van der Waals surface area contributed by atoms with Gasteiger partial charge < -0.3 is 9.47 Å². The maximum absolute atomic E-state index is 12.1. The minimum atomic E-state index is -0.558. The number of hydrogen-bond donors (Lipinski definition) is 1. The maximum Gasteiger partial charge on any atom is 0.310 e. The van der Waals surface area contributed by atoms with E-state index in [1.807, 2.05) is 0 Å². The van der Waals surface area contributed by atoms with Crippen molar-refractivity contribution in [1.82, 2.24) is 5.01 Å². The second kappa shape index (κ2) is 5.67. The average Bonchev–Trinajstić information content (AvgIpc) is 2.25. The highest BCUT2D eigenvalue weighted by Crippen LogP contribution is 2.26. The molecule has 2 N–H and O–H groups in total. The third-order valence-corrected chi connectivity index (χ3v) is 2.86. The van der Waals surface area contributed by atoms with Gasteiger partial charge in [0.25, 0.3) is 0 Å². The fourth-order valence-corrected chi connectivity index (χ4v) is 2.03. The predicted octanol–water partition coefficient (Wildman–Crippen LogP) is 0.313. The van der Waals surface area contributed by atoms with Crippen LogP contribution in [0.15, 0.2) is 0 Å². The van der Waals surface area contributed by atoms with E-state index in [1.165, 1.54) is 12.1 Å². The zero-order chi connectivity index (χ0) is 13.9. The van der Waals surface area contributed by atoms with Crippen LogP contribution >= 0.6 is 0 Å². The van der Waals surface area contributed by atoms with Crippen molar-refractivity contribution in [2.75, 3.05) is 20.2 Å². The number of hydrazine groups is 1. The molecular weight excluding hydrogens is 236 g/mol. The van der Waals surface area contributed by atoms with Crippen molar-refractivity contribution >= 4 is 11.9 Å². The molecule has 0 aromatic heterocycles. The molecule has 2 atom stereocenters. The highest BCUT2D eigenvalue weighted by atomic mass is 16.6. The van der Waals surface area contributed by atoms with E-state index in [0.717, 1.165) is 0 Å². The van der Waals surface area contributed by atoms with E-state index in [2.05, 4.69) is 0 Å². The van der Waals surface area contributed by atoms with Crippen molar-refractivity contribution in [3.8, 4) is 0 Å². The van der Waals surface area contributed by atoms with Crippen molar-refractivity contribution in [3.63, 3.8) is 0 Å². The van der Waals surface area contributed by atoms with Gasteiger partial charge in [-0.1, -0.05) is 0 Å². The van der Waals surface area contributed by atoms with Gasteiger partial charge in [0.2, 0.25) is 0 Å². The van der Waals surface area contributed by atoms with Crippen LogP contribution in [-0.4, -0.2) is 42.7 Å². The molecule has 1 heterocycles. The molecule has 0 aliphatic carbocycles. The minimum absolute atomic E-state index is 0.316. The Bertz CT molecular complexity index is 325. The molecule has 1 aliphatic rings. The van der Waals surface area contributed by atoms with E-state index in [4.69, 9.17) is 15.3 Å². The summed E-state index contributed by atoms with van der Waals surface area (Å²) < 4.78 is 10.1. The summed E-state index contributed by atoms with van der Waals surface area (Å²) in [5.74, 6) is 3.88. The van der Waals surface area contributed by atoms with E-state index in [9.17, 15) is 9.59 Å². The Morgan fingerprint density at radius 3 is 2.33 bits per heavy atom. The molecule has 0 aromatic rings. The second-order valence-corrected chi connectivity index (χ2v) is 5.55. The Kier molecular flexibility index (Phi) is 4.70. The van der Waals surface area contributed by atoms with Gasteiger partial charge in [-0.3, -0.25) is 15.4 Å². The standard InChI is InChI=1S/C12H22N2O4/c1-12(2,3)18-11(16)8-5-6-14(13)7-9(8)10(15)17-4/h8-9H,5-7,13H2,1-4H3/t8-,9-/m1/s1. The van der Waals surface area contributed by atoms with E-state index >= 15 is 0 Å². The van der Waals surface area contributed by atoms with Crippen LogP contribution in [0.25, 0.3) is 0 Å². The highest BCUT2D eigenvalue weighted by molar-refractivity contribution is 5.82. The van der Waals surface area contributed by atoms with Gasteiger partial charge >= 0.3 is 11.9 Å². The number of hydrogen-bond acceptors (Lipinski definition) is 6. The van der Waals surface area contributed by atoms with Crippen molar-refractivity contribution in [2.45, 2.75) is 32.8 Å². The first-order valence-corrected chi connectivity index (χ1v) is 6.05. The number of rotatable bonds is 2. The summed E-state index contributed by atoms with van der Waals surface area (Å²) in [5.41, 5.74) is -0.558. The molecule has 6 heteroatoms. The van der Waals surface area contributed by atoms with Crippen LogP contribution in [0.5, 0.6) is 0 Å². The Morgan fingerprint density at radius 2 is 1.83 bits per heavy atom. The van der Waals surface area contributed by atoms with Gasteiger partial charge in [0.1, 0.15) is 5.60 Å². The first-order chi connectivity index (χ1) is 8.24. The zero-order valence-corrected chi connectivity index (χ0v) is 11.4. The van der Waals surface area contributed by atoms with Gasteiger partial charge in [0, 0.05) is 13.1 Å². The Labute approximate surface area is 107 Å². The lowest BCUT2D eigenvalue weighted by molar-refractivity contribution is -0.170. The molecule has 1 aliphatic heterocycles. The molecule has 0 aromatic carbocycles. The molecule has 18 heavy (non-hydrogen) atoms. The predicted molar refractivity (Wildman–Crippen MR) is 65.2 cm³/mol. The third-order valence-electron chi connectivity index (χ3n) is 2.86. The fourth-order valence-electron chi connectivity index (χ4n) is 2.03. The van der Waals surface area contributed by atoms with Gasteiger partial charge in [-0.15, -0.1) is 0 Å². The molecule has 1 fully saturated rings. The summed E-state index contributed by atoms with van der Waals surface area (Å²) in [4.78, 5) is 23.7. The lowest BCUT2D eigenvalue weighted by Gasteiger charge is -2.34. The quantitative estimate of drug-likeness (QED) is 0.567. The van der Waals surface area contributed by atoms with Gasteiger partial charge in [0.05, 0.1) is 18.9 Å². The number of nitrogens with two attached hydrogens (primary N) is 1. The summed E-state index contributed by atoms with van der Waals surface area (Å²) in [7, 11) is 1.31. The molecule has 1 saturated heterocycles. The number of carbonyl (C=O) groups excluding carboxylic acids is 2. The fraction of sp³-hybridized carbons (Fsp3) is 0.833. The molecular formula is C12H22N2O4. The zero-order valence-electron chi connectivity index (χ0n) is 11.4. The molecule has 0 radical (unpaired) electrons. The number of nitrogens with zero attached hydrogens (tertiary/aromatic N) is 1. The number of ether oxygens (including phenoxy) is 2. The van der Waals surface area contributed by atoms with Crippen molar-refractivity contribution in [1.29, 1.82) is 0 Å². The van der Waals surface area contributed by atoms with Gasteiger partial charge in [0.15, 0.2) is 0 Å². The molecule has 6 nitrogen and oxygen atoms in total. The van der Waals surface area contributed by atoms with Crippen molar-refractivity contribution in [3.05, 3.63) is 0 Å². The number of esters is 2. The molecule has 0 saturated carbocycles. The first-order valence-electron chi connectivity index (χ1n) is 6.05. The average molecular weight is 258 g/mol. The maximum atomic E-state index is 12.1. The van der Waals surface area contributed by atoms with Crippen molar-refractivity contribution in [2.24, 2.45) is 17.7 Å². The lowest BCUT2D eigenvalue weighted by Crippen LogP contribution is -2.50. The largest absolute Gasteiger partial charge is 0.469 e. The molecule has 0 amide bonds. The summed E-state index contributed by atoms with van der Waals surface area (Å²) in [5, 5.41) is 1.53. The molecule has 104 valence electrons. The van der Waals surface area contributed by atoms with Crippen LogP contribution < -0.4 is 5.84 Å². The molecule has 0 bridgehead atoms. The normalized spacial score (nSPS) is 25.6. The molecule has 0 unspecified atom stereocenters. The Morgan fingerprint density at radius 1 is 1.22 bits per heavy atom. The van der Waals surface area contributed by atoms with Gasteiger partial charge in [-0.25, -0.2) is 5.01 Å². The SMILES string of the molecule is COC(=O)[C@@H]1CN(N)CC[C@H]1C(=O)OC(C)(C)C. The summed E-state index contributed by atoms with van der Waals surface area (Å²) in [6.07, 6.45) is 0.505. The van der Waals surface area contributed by atoms with Crippen LogP contribution in [-0.2, 0) is 19.1 Å². The topological polar surface area (TPSA) is 81.9 Å². The van der Waals surface area contributed by atoms with Crippen molar-refractivity contribution < 1.29 is 19.1 Å². The van der Waals surface area contributed by atoms with Crippen LogP contribution in [0.1, 0.15) is 27.2 Å². The third kappa shape index (κ3) is 3.96. The first kappa shape index (κ1) is 14.9. The van der Waals surface area contributed by atoms with E-state index < -0.39 is 23.4 Å². The van der Waals surface area contributed by atoms with Crippen LogP contribution in [0, 0.1) is 11.8 Å². The Hall–Kier alpha value is -1.14. The van der Waals surface area contributed by atoms with Crippen LogP contribution in [0.2, 0.25) is 0 Å². The number of piperidine rings is 1. The van der Waals surface area contributed by atoms with E-state index in [1.54, 1.807) is 20.8 Å². The van der Waals surface area contributed by atoms with Crippen LogP contribution in [0.3, 0.4) is 0 Å². The monoisotopic (exact) mass is 258 g/mol.